The topological polar surface area (TPSA) is 68.3 Å². The van der Waals surface area contributed by atoms with Crippen LogP contribution in [0.1, 0.15) is 30.8 Å². The van der Waals surface area contributed by atoms with Gasteiger partial charge in [-0.2, -0.15) is 0 Å². The Labute approximate surface area is 98.8 Å². The zero-order valence-corrected chi connectivity index (χ0v) is 9.77. The molecule has 5 nitrogen and oxygen atoms in total. The summed E-state index contributed by atoms with van der Waals surface area (Å²) in [5, 5.41) is 6.52. The maximum absolute atomic E-state index is 11.7. The van der Waals surface area contributed by atoms with E-state index in [1.807, 2.05) is 13.8 Å². The van der Waals surface area contributed by atoms with Gasteiger partial charge in [0, 0.05) is 12.1 Å². The largest absolute Gasteiger partial charge is 0.461 e. The molecule has 0 bridgehead atoms. The van der Waals surface area contributed by atoms with Gasteiger partial charge in [-0.3, -0.25) is 4.79 Å². The summed E-state index contributed by atoms with van der Waals surface area (Å²) in [5.41, 5.74) is 0.261. The van der Waals surface area contributed by atoms with E-state index in [1.54, 1.807) is 18.2 Å². The van der Waals surface area contributed by atoms with Crippen molar-refractivity contribution in [3.63, 3.8) is 0 Å². The Morgan fingerprint density at radius 1 is 1.53 bits per heavy atom. The molecule has 1 unspecified atom stereocenters. The highest BCUT2D eigenvalue weighted by atomic mass is 16.5. The van der Waals surface area contributed by atoms with Crippen molar-refractivity contribution in [1.82, 2.24) is 10.5 Å². The first kappa shape index (κ1) is 11.4. The number of furan rings is 1. The maximum Gasteiger partial charge on any atom is 0.273 e. The van der Waals surface area contributed by atoms with Crippen LogP contribution < -0.4 is 5.32 Å². The molecule has 2 aromatic heterocycles. The highest BCUT2D eigenvalue weighted by Gasteiger charge is 2.15. The Morgan fingerprint density at radius 3 is 3.00 bits per heavy atom. The molecule has 0 aliphatic rings. The molecule has 2 heterocycles. The molecule has 0 radical (unpaired) electrons. The van der Waals surface area contributed by atoms with Gasteiger partial charge in [-0.05, 0) is 25.5 Å². The number of carbonyl (C=O) groups is 1. The summed E-state index contributed by atoms with van der Waals surface area (Å²) >= 11 is 0. The quantitative estimate of drug-likeness (QED) is 0.882. The van der Waals surface area contributed by atoms with Crippen molar-refractivity contribution in [3.8, 4) is 11.5 Å². The molecular formula is C12H14N2O3. The molecule has 0 aliphatic carbocycles. The summed E-state index contributed by atoms with van der Waals surface area (Å²) in [6.07, 6.45) is 2.41. The van der Waals surface area contributed by atoms with E-state index in [1.165, 1.54) is 6.26 Å². The lowest BCUT2D eigenvalue weighted by atomic mass is 10.2. The van der Waals surface area contributed by atoms with Crippen LogP contribution in [0.15, 0.2) is 33.4 Å². The van der Waals surface area contributed by atoms with Crippen LogP contribution in [0.4, 0.5) is 0 Å². The average molecular weight is 234 g/mol. The zero-order valence-electron chi connectivity index (χ0n) is 9.77. The molecule has 0 saturated heterocycles. The van der Waals surface area contributed by atoms with Crippen molar-refractivity contribution >= 4 is 5.91 Å². The van der Waals surface area contributed by atoms with Gasteiger partial charge in [-0.1, -0.05) is 12.1 Å². The van der Waals surface area contributed by atoms with Gasteiger partial charge < -0.3 is 14.3 Å². The molecule has 1 N–H and O–H groups in total. The van der Waals surface area contributed by atoms with E-state index in [0.717, 1.165) is 6.42 Å². The fourth-order valence-corrected chi connectivity index (χ4v) is 1.32. The lowest BCUT2D eigenvalue weighted by Gasteiger charge is -2.08. The van der Waals surface area contributed by atoms with Gasteiger partial charge in [0.15, 0.2) is 11.5 Å². The SMILES string of the molecule is CCC(C)NC(=O)c1cc(-c2ccco2)on1. The molecule has 0 spiro atoms. The smallest absolute Gasteiger partial charge is 0.273 e. The van der Waals surface area contributed by atoms with Gasteiger partial charge in [0.1, 0.15) is 0 Å². The molecule has 1 atom stereocenters. The predicted molar refractivity (Wildman–Crippen MR) is 61.4 cm³/mol. The third kappa shape index (κ3) is 2.55. The Morgan fingerprint density at radius 2 is 2.35 bits per heavy atom. The molecule has 0 aliphatic heterocycles. The summed E-state index contributed by atoms with van der Waals surface area (Å²) in [6.45, 7) is 3.94. The second-order valence-electron chi connectivity index (χ2n) is 3.84. The summed E-state index contributed by atoms with van der Waals surface area (Å²) < 4.78 is 10.2. The molecule has 90 valence electrons. The minimum Gasteiger partial charge on any atom is -0.461 e. The molecule has 0 fully saturated rings. The summed E-state index contributed by atoms with van der Waals surface area (Å²) in [6, 6.07) is 5.18. The zero-order chi connectivity index (χ0) is 12.3. The average Bonchev–Trinajstić information content (AvgIpc) is 2.98. The van der Waals surface area contributed by atoms with E-state index < -0.39 is 0 Å². The second kappa shape index (κ2) is 4.86. The number of amides is 1. The number of hydrogen-bond donors (Lipinski definition) is 1. The third-order valence-electron chi connectivity index (χ3n) is 2.50. The minimum absolute atomic E-state index is 0.117. The Bertz CT molecular complexity index is 488. The van der Waals surface area contributed by atoms with Crippen LogP contribution in [0.5, 0.6) is 0 Å². The van der Waals surface area contributed by atoms with Gasteiger partial charge in [0.2, 0.25) is 5.76 Å². The lowest BCUT2D eigenvalue weighted by Crippen LogP contribution is -2.32. The van der Waals surface area contributed by atoms with Crippen LogP contribution in [0.2, 0.25) is 0 Å². The van der Waals surface area contributed by atoms with Crippen LogP contribution in [-0.4, -0.2) is 17.1 Å². The number of nitrogens with one attached hydrogen (secondary N) is 1. The number of nitrogens with zero attached hydrogens (tertiary/aromatic N) is 1. The monoisotopic (exact) mass is 234 g/mol. The molecule has 5 heteroatoms. The van der Waals surface area contributed by atoms with Crippen molar-refractivity contribution in [2.45, 2.75) is 26.3 Å². The standard InChI is InChI=1S/C12H14N2O3/c1-3-8(2)13-12(15)9-7-11(17-14-9)10-5-4-6-16-10/h4-8H,3H2,1-2H3,(H,13,15). The van der Waals surface area contributed by atoms with E-state index in [9.17, 15) is 4.79 Å². The predicted octanol–water partition coefficient (Wildman–Crippen LogP) is 2.46. The van der Waals surface area contributed by atoms with Gasteiger partial charge in [-0.25, -0.2) is 0 Å². The first-order valence-corrected chi connectivity index (χ1v) is 5.52. The second-order valence-corrected chi connectivity index (χ2v) is 3.84. The molecule has 2 aromatic rings. The van der Waals surface area contributed by atoms with Crippen LogP contribution in [0.25, 0.3) is 11.5 Å². The van der Waals surface area contributed by atoms with Crippen molar-refractivity contribution in [2.24, 2.45) is 0 Å². The van der Waals surface area contributed by atoms with Crippen molar-refractivity contribution in [2.75, 3.05) is 0 Å². The normalized spacial score (nSPS) is 12.4. The van der Waals surface area contributed by atoms with E-state index in [4.69, 9.17) is 8.94 Å². The lowest BCUT2D eigenvalue weighted by molar-refractivity contribution is 0.0930. The Hall–Kier alpha value is -2.04. The minimum atomic E-state index is -0.235. The summed E-state index contributed by atoms with van der Waals surface area (Å²) in [4.78, 5) is 11.7. The van der Waals surface area contributed by atoms with Crippen molar-refractivity contribution < 1.29 is 13.7 Å². The molecule has 0 saturated carbocycles. The first-order valence-electron chi connectivity index (χ1n) is 5.52. The molecule has 2 rings (SSSR count). The molecular weight excluding hydrogens is 220 g/mol. The van der Waals surface area contributed by atoms with Gasteiger partial charge in [0.25, 0.3) is 5.91 Å². The number of hydrogen-bond acceptors (Lipinski definition) is 4. The fraction of sp³-hybridized carbons (Fsp3) is 0.333. The van der Waals surface area contributed by atoms with E-state index in [2.05, 4.69) is 10.5 Å². The van der Waals surface area contributed by atoms with Crippen molar-refractivity contribution in [1.29, 1.82) is 0 Å². The van der Waals surface area contributed by atoms with E-state index in [-0.39, 0.29) is 17.6 Å². The summed E-state index contributed by atoms with van der Waals surface area (Å²) in [5.74, 6) is 0.769. The number of rotatable bonds is 4. The number of carbonyl (C=O) groups excluding carboxylic acids is 1. The van der Waals surface area contributed by atoms with Crippen LogP contribution >= 0.6 is 0 Å². The van der Waals surface area contributed by atoms with E-state index >= 15 is 0 Å². The van der Waals surface area contributed by atoms with Gasteiger partial charge in [-0.15, -0.1) is 0 Å². The van der Waals surface area contributed by atoms with Crippen LogP contribution in [0.3, 0.4) is 0 Å². The fourth-order valence-electron chi connectivity index (χ4n) is 1.32. The Kier molecular flexibility index (Phi) is 3.27. The number of aromatic nitrogens is 1. The highest BCUT2D eigenvalue weighted by Crippen LogP contribution is 2.20. The van der Waals surface area contributed by atoms with Gasteiger partial charge >= 0.3 is 0 Å². The molecule has 0 aromatic carbocycles. The maximum atomic E-state index is 11.7. The third-order valence-corrected chi connectivity index (χ3v) is 2.50. The summed E-state index contributed by atoms with van der Waals surface area (Å²) in [7, 11) is 0. The van der Waals surface area contributed by atoms with Crippen LogP contribution in [-0.2, 0) is 0 Å². The van der Waals surface area contributed by atoms with Crippen LogP contribution in [0, 0.1) is 0 Å². The molecule has 1 amide bonds. The van der Waals surface area contributed by atoms with Crippen molar-refractivity contribution in [3.05, 3.63) is 30.2 Å². The van der Waals surface area contributed by atoms with Gasteiger partial charge in [0.05, 0.1) is 6.26 Å². The highest BCUT2D eigenvalue weighted by molar-refractivity contribution is 5.93. The van der Waals surface area contributed by atoms with E-state index in [0.29, 0.717) is 11.5 Å². The first-order chi connectivity index (χ1) is 8.20. The molecule has 17 heavy (non-hydrogen) atoms. The Balaban J connectivity index is 2.11.